The maximum absolute atomic E-state index is 9.04. The van der Waals surface area contributed by atoms with Gasteiger partial charge in [-0.3, -0.25) is 4.98 Å². The van der Waals surface area contributed by atoms with E-state index < -0.39 is 0 Å². The van der Waals surface area contributed by atoms with Gasteiger partial charge in [-0.15, -0.1) is 0 Å². The standard InChI is InChI=1S/C13H19N3/c1-9(2)5-11-8-15-12(6-10(3)4)13(7-14)16-11/h8-10H,5-6H2,1-4H3. The Bertz CT molecular complexity index is 389. The molecule has 1 rings (SSSR count). The van der Waals surface area contributed by atoms with Gasteiger partial charge >= 0.3 is 0 Å². The molecule has 1 heterocycles. The highest BCUT2D eigenvalue weighted by molar-refractivity contribution is 5.27. The van der Waals surface area contributed by atoms with Crippen LogP contribution >= 0.6 is 0 Å². The van der Waals surface area contributed by atoms with Gasteiger partial charge in [0.25, 0.3) is 0 Å². The maximum Gasteiger partial charge on any atom is 0.162 e. The highest BCUT2D eigenvalue weighted by Gasteiger charge is 2.09. The first kappa shape index (κ1) is 12.6. The number of nitrogens with zero attached hydrogens (tertiary/aromatic N) is 3. The summed E-state index contributed by atoms with van der Waals surface area (Å²) >= 11 is 0. The minimum Gasteiger partial charge on any atom is -0.256 e. The van der Waals surface area contributed by atoms with Gasteiger partial charge in [0.2, 0.25) is 0 Å². The Morgan fingerprint density at radius 2 is 1.81 bits per heavy atom. The molecule has 16 heavy (non-hydrogen) atoms. The minimum atomic E-state index is 0.492. The molecule has 3 heteroatoms. The second kappa shape index (κ2) is 5.60. The van der Waals surface area contributed by atoms with Gasteiger partial charge in [0, 0.05) is 6.20 Å². The number of aromatic nitrogens is 2. The van der Waals surface area contributed by atoms with Gasteiger partial charge in [0.15, 0.2) is 5.69 Å². The molecule has 0 aliphatic rings. The van der Waals surface area contributed by atoms with Crippen molar-refractivity contribution in [3.63, 3.8) is 0 Å². The topological polar surface area (TPSA) is 49.6 Å². The van der Waals surface area contributed by atoms with Gasteiger partial charge in [0.1, 0.15) is 6.07 Å². The van der Waals surface area contributed by atoms with Crippen LogP contribution in [0.2, 0.25) is 0 Å². The average Bonchev–Trinajstić information content (AvgIpc) is 2.18. The van der Waals surface area contributed by atoms with E-state index in [1.807, 2.05) is 0 Å². The van der Waals surface area contributed by atoms with Gasteiger partial charge in [-0.25, -0.2) is 4.98 Å². The average molecular weight is 217 g/mol. The van der Waals surface area contributed by atoms with Crippen LogP contribution < -0.4 is 0 Å². The van der Waals surface area contributed by atoms with Gasteiger partial charge < -0.3 is 0 Å². The Labute approximate surface area is 97.5 Å². The zero-order valence-electron chi connectivity index (χ0n) is 10.5. The van der Waals surface area contributed by atoms with Crippen molar-refractivity contribution in [2.75, 3.05) is 0 Å². The number of hydrogen-bond acceptors (Lipinski definition) is 3. The van der Waals surface area contributed by atoms with Gasteiger partial charge in [-0.2, -0.15) is 5.26 Å². The molecule has 0 aromatic carbocycles. The molecule has 0 aliphatic heterocycles. The Morgan fingerprint density at radius 3 is 2.31 bits per heavy atom. The highest BCUT2D eigenvalue weighted by atomic mass is 14.8. The van der Waals surface area contributed by atoms with Crippen LogP contribution in [0.3, 0.4) is 0 Å². The zero-order valence-corrected chi connectivity index (χ0v) is 10.5. The minimum absolute atomic E-state index is 0.492. The second-order valence-corrected chi connectivity index (χ2v) is 4.96. The molecule has 0 N–H and O–H groups in total. The van der Waals surface area contributed by atoms with Gasteiger partial charge in [-0.05, 0) is 24.7 Å². The fraction of sp³-hybridized carbons (Fsp3) is 0.615. The van der Waals surface area contributed by atoms with Crippen LogP contribution in [0.15, 0.2) is 6.20 Å². The Morgan fingerprint density at radius 1 is 1.19 bits per heavy atom. The molecular weight excluding hydrogens is 198 g/mol. The molecule has 0 saturated carbocycles. The summed E-state index contributed by atoms with van der Waals surface area (Å²) in [5.74, 6) is 1.04. The van der Waals surface area contributed by atoms with Crippen molar-refractivity contribution in [2.24, 2.45) is 11.8 Å². The molecule has 0 radical (unpaired) electrons. The fourth-order valence-electron chi connectivity index (χ4n) is 1.59. The number of hydrogen-bond donors (Lipinski definition) is 0. The first-order chi connectivity index (χ1) is 7.52. The quantitative estimate of drug-likeness (QED) is 0.779. The molecule has 0 amide bonds. The van der Waals surface area contributed by atoms with Crippen LogP contribution in [0.4, 0.5) is 0 Å². The third-order valence-electron chi connectivity index (χ3n) is 2.22. The van der Waals surface area contributed by atoms with E-state index in [0.717, 1.165) is 24.2 Å². The summed E-state index contributed by atoms with van der Waals surface area (Å²) in [5, 5.41) is 9.04. The van der Waals surface area contributed by atoms with Crippen LogP contribution in [0.25, 0.3) is 0 Å². The van der Waals surface area contributed by atoms with E-state index in [2.05, 4.69) is 43.7 Å². The van der Waals surface area contributed by atoms with Crippen LogP contribution in [0.5, 0.6) is 0 Å². The summed E-state index contributed by atoms with van der Waals surface area (Å²) in [4.78, 5) is 8.72. The molecule has 0 unspecified atom stereocenters. The second-order valence-electron chi connectivity index (χ2n) is 4.96. The summed E-state index contributed by atoms with van der Waals surface area (Å²) in [6, 6.07) is 2.14. The lowest BCUT2D eigenvalue weighted by molar-refractivity contribution is 0.615. The van der Waals surface area contributed by atoms with Crippen molar-refractivity contribution in [3.8, 4) is 6.07 Å². The van der Waals surface area contributed by atoms with Crippen molar-refractivity contribution < 1.29 is 0 Å². The fourth-order valence-corrected chi connectivity index (χ4v) is 1.59. The molecule has 3 nitrogen and oxygen atoms in total. The molecule has 86 valence electrons. The largest absolute Gasteiger partial charge is 0.256 e. The lowest BCUT2D eigenvalue weighted by atomic mass is 10.1. The third-order valence-corrected chi connectivity index (χ3v) is 2.22. The summed E-state index contributed by atoms with van der Waals surface area (Å²) < 4.78 is 0. The molecule has 1 aromatic heterocycles. The van der Waals surface area contributed by atoms with Crippen LogP contribution in [-0.2, 0) is 12.8 Å². The Hall–Kier alpha value is -1.43. The smallest absolute Gasteiger partial charge is 0.162 e. The summed E-state index contributed by atoms with van der Waals surface area (Å²) in [7, 11) is 0. The lowest BCUT2D eigenvalue weighted by Crippen LogP contribution is -2.06. The van der Waals surface area contributed by atoms with E-state index in [1.165, 1.54) is 0 Å². The van der Waals surface area contributed by atoms with Crippen molar-refractivity contribution in [1.82, 2.24) is 9.97 Å². The zero-order chi connectivity index (χ0) is 12.1. The summed E-state index contributed by atoms with van der Waals surface area (Å²) in [6.07, 6.45) is 3.50. The normalized spacial score (nSPS) is 10.8. The van der Waals surface area contributed by atoms with Crippen molar-refractivity contribution in [1.29, 1.82) is 5.26 Å². The highest BCUT2D eigenvalue weighted by Crippen LogP contribution is 2.11. The van der Waals surface area contributed by atoms with E-state index in [4.69, 9.17) is 5.26 Å². The van der Waals surface area contributed by atoms with Gasteiger partial charge in [0.05, 0.1) is 11.4 Å². The predicted octanol–water partition coefficient (Wildman–Crippen LogP) is 2.75. The first-order valence-corrected chi connectivity index (χ1v) is 5.77. The van der Waals surface area contributed by atoms with Crippen LogP contribution in [0.1, 0.15) is 44.8 Å². The molecule has 0 bridgehead atoms. The van der Waals surface area contributed by atoms with E-state index in [9.17, 15) is 0 Å². The third kappa shape index (κ3) is 3.62. The molecule has 0 fully saturated rings. The molecular formula is C13H19N3. The first-order valence-electron chi connectivity index (χ1n) is 5.77. The predicted molar refractivity (Wildman–Crippen MR) is 63.8 cm³/mol. The molecule has 1 aromatic rings. The van der Waals surface area contributed by atoms with Gasteiger partial charge in [-0.1, -0.05) is 27.7 Å². The maximum atomic E-state index is 9.04. The number of nitriles is 1. The van der Waals surface area contributed by atoms with E-state index >= 15 is 0 Å². The molecule has 0 spiro atoms. The monoisotopic (exact) mass is 217 g/mol. The van der Waals surface area contributed by atoms with Crippen molar-refractivity contribution in [3.05, 3.63) is 23.3 Å². The molecule has 0 saturated heterocycles. The Balaban J connectivity index is 2.94. The van der Waals surface area contributed by atoms with E-state index in [0.29, 0.717) is 17.5 Å². The van der Waals surface area contributed by atoms with Crippen molar-refractivity contribution >= 4 is 0 Å². The summed E-state index contributed by atoms with van der Waals surface area (Å²) in [5.41, 5.74) is 2.23. The Kier molecular flexibility index (Phi) is 4.42. The lowest BCUT2D eigenvalue weighted by Gasteiger charge is -2.08. The SMILES string of the molecule is CC(C)Cc1cnc(CC(C)C)c(C#N)n1. The van der Waals surface area contributed by atoms with E-state index in [1.54, 1.807) is 6.20 Å². The van der Waals surface area contributed by atoms with Crippen LogP contribution in [0, 0.1) is 23.2 Å². The molecule has 0 aliphatic carbocycles. The van der Waals surface area contributed by atoms with Crippen molar-refractivity contribution in [2.45, 2.75) is 40.5 Å². The molecule has 0 atom stereocenters. The summed E-state index contributed by atoms with van der Waals surface area (Å²) in [6.45, 7) is 8.50. The number of rotatable bonds is 4. The van der Waals surface area contributed by atoms with E-state index in [-0.39, 0.29) is 0 Å². The van der Waals surface area contributed by atoms with Crippen LogP contribution in [-0.4, -0.2) is 9.97 Å².